The molecule has 28 heteroatoms. The van der Waals surface area contributed by atoms with Gasteiger partial charge in [0.05, 0.1) is 0 Å². The molecule has 92 valence electrons. The van der Waals surface area contributed by atoms with Gasteiger partial charge in [0.2, 0.25) is 0 Å². The van der Waals surface area contributed by atoms with Gasteiger partial charge < -0.3 is 0 Å². The molecule has 0 rings (SSSR count). The van der Waals surface area contributed by atoms with Crippen molar-refractivity contribution in [3.8, 4) is 0 Å². The van der Waals surface area contributed by atoms with Crippen LogP contribution < -0.4 is 0 Å². The van der Waals surface area contributed by atoms with Crippen molar-refractivity contribution in [2.24, 2.45) is 0 Å². The third-order valence-electron chi connectivity index (χ3n) is 4.89. The highest BCUT2D eigenvalue weighted by Crippen LogP contribution is 2.12. The molecule has 0 aliphatic carbocycles. The molecule has 0 heterocycles. The Kier molecular flexibility index (Phi) is 14.3. The van der Waals surface area contributed by atoms with Crippen molar-refractivity contribution in [2.75, 3.05) is 0 Å². The van der Waals surface area contributed by atoms with Crippen molar-refractivity contribution in [1.29, 1.82) is 0 Å². The van der Waals surface area contributed by atoms with E-state index in [1.165, 1.54) is 0 Å². The largest absolute Gasteiger partial charge is 0.262 e. The SMILES string of the molecule is [B]B([B])B(B([B])[B])B(B([B])B([BH3-])[BH3-])B(B(B([B])[B])B([B])[B])B(B([B])[B])B([B])[B]. The van der Waals surface area contributed by atoms with Gasteiger partial charge in [0, 0.05) is 0 Å². The van der Waals surface area contributed by atoms with Crippen molar-refractivity contribution < 1.29 is 0 Å². The maximum atomic E-state index is 6.69. The molecule has 0 aliphatic heterocycles. The minimum atomic E-state index is -0.908. The van der Waals surface area contributed by atoms with E-state index in [9.17, 15) is 0 Å². The van der Waals surface area contributed by atoms with Gasteiger partial charge in [0.1, 0.15) is 0 Å². The van der Waals surface area contributed by atoms with Gasteiger partial charge in [-0.15, -0.1) is 15.5 Å². The van der Waals surface area contributed by atoms with Crippen LogP contribution in [0.5, 0.6) is 0 Å². The first-order chi connectivity index (χ1) is 12.7. The Labute approximate surface area is 198 Å². The maximum Gasteiger partial charge on any atom is -0.0000000000899 e. The summed E-state index contributed by atoms with van der Waals surface area (Å²) in [7, 11) is 79.4. The van der Waals surface area contributed by atoms with Gasteiger partial charge >= 0.3 is 0 Å². The van der Waals surface area contributed by atoms with E-state index in [0.29, 0.717) is 6.39 Å². The van der Waals surface area contributed by atoms with Crippen LogP contribution in [0.15, 0.2) is 0 Å². The molecular weight excluding hydrogens is 303 g/mol. The van der Waals surface area contributed by atoms with Crippen LogP contribution in [0.25, 0.3) is 0 Å². The summed E-state index contributed by atoms with van der Waals surface area (Å²) in [5.41, 5.74) is 0. The van der Waals surface area contributed by atoms with Crippen LogP contribution in [0, 0.1) is 0 Å². The zero-order valence-electron chi connectivity index (χ0n) is 15.0. The van der Waals surface area contributed by atoms with Gasteiger partial charge in [-0.3, -0.25) is 6.39 Å². The van der Waals surface area contributed by atoms with Gasteiger partial charge in [0.25, 0.3) is 0 Å². The van der Waals surface area contributed by atoms with Crippen LogP contribution in [0.4, 0.5) is 0 Å². The van der Waals surface area contributed by atoms with E-state index < -0.39 is 70.2 Å². The van der Waals surface area contributed by atoms with E-state index in [-0.39, 0.29) is 21.9 Å². The van der Waals surface area contributed by atoms with E-state index in [1.807, 2.05) is 0 Å². The van der Waals surface area contributed by atoms with E-state index in [2.05, 4.69) is 0 Å². The number of hydrogen-bond acceptors (Lipinski definition) is 0. The molecule has 0 aromatic rings. The zero-order valence-corrected chi connectivity index (χ0v) is 15.0. The third kappa shape index (κ3) is 8.06. The fraction of sp³-hybridized carbons (Fsp3) is 0. The van der Waals surface area contributed by atoms with E-state index in [0.717, 1.165) is 0 Å². The van der Waals surface area contributed by atoms with Gasteiger partial charge in [-0.05, 0) is 171 Å². The average molecular weight is 309 g/mol. The molecule has 0 fully saturated rings. The van der Waals surface area contributed by atoms with Crippen molar-refractivity contribution >= 4 is 199 Å². The average Bonchev–Trinajstić information content (AvgIpc) is 2.48. The van der Waals surface area contributed by atoms with Crippen LogP contribution >= 0.6 is 0 Å². The lowest BCUT2D eigenvalue weighted by Gasteiger charge is -2.50. The summed E-state index contributed by atoms with van der Waals surface area (Å²) in [6.45, 7) is 0. The molecule has 0 amide bonds. The molecule has 0 aromatic heterocycles. The summed E-state index contributed by atoms with van der Waals surface area (Å²) in [6, 6.07) is 0. The second kappa shape index (κ2) is 13.4. The molecule has 0 unspecified atom stereocenters. The van der Waals surface area contributed by atoms with Gasteiger partial charge in [0.15, 0.2) is 0 Å². The van der Waals surface area contributed by atoms with Crippen molar-refractivity contribution in [3.63, 3.8) is 0 Å². The van der Waals surface area contributed by atoms with Crippen LogP contribution in [0.2, 0.25) is 0 Å². The van der Waals surface area contributed by atoms with Crippen LogP contribution in [-0.2, 0) is 0 Å². The Morgan fingerprint density at radius 1 is 0.321 bits per heavy atom. The molecular formula is H6B28-2. The second-order valence-corrected chi connectivity index (χ2v) is 6.93. The summed E-state index contributed by atoms with van der Waals surface area (Å²) < 4.78 is 0. The molecule has 0 saturated carbocycles. The summed E-state index contributed by atoms with van der Waals surface area (Å²) in [6.07, 6.45) is -8.07. The molecule has 0 spiro atoms. The number of hydrogen-bond donors (Lipinski definition) is 0. The van der Waals surface area contributed by atoms with Gasteiger partial charge in [-0.25, -0.2) is 0 Å². The molecule has 0 bridgehead atoms. The standard InChI is InChI=1S/B28H6/c1-16(2)23(15)27(24(17(3)4)18(5)6)28(25(19(7)8)20(9)10)26(21(11)12)22(13)14/h1-2H3/q-2. The van der Waals surface area contributed by atoms with Gasteiger partial charge in [-0.1, -0.05) is 6.39 Å². The first-order valence-electron chi connectivity index (χ1n) is 8.33. The molecule has 26 radical (unpaired) electrons. The van der Waals surface area contributed by atoms with Crippen molar-refractivity contribution in [1.82, 2.24) is 0 Å². The fourth-order valence-corrected chi connectivity index (χ4v) is 3.85. The highest BCUT2D eigenvalue weighted by atomic mass is 13.3. The first-order valence-corrected chi connectivity index (χ1v) is 8.33. The third-order valence-corrected chi connectivity index (χ3v) is 4.89. The molecule has 0 atom stereocenters. The Hall–Kier alpha value is 1.82. The Morgan fingerprint density at radius 3 is 0.714 bits per heavy atom. The smallest absolute Gasteiger partial charge is 0.0000000000899 e. The van der Waals surface area contributed by atoms with Gasteiger partial charge in [-0.2, -0.15) is 0 Å². The molecule has 28 heavy (non-hydrogen) atoms. The monoisotopic (exact) mass is 314 g/mol. The predicted molar refractivity (Wildman–Crippen MR) is 169 cm³/mol. The fourth-order valence-electron chi connectivity index (χ4n) is 3.85. The van der Waals surface area contributed by atoms with Crippen LogP contribution in [0.1, 0.15) is 0 Å². The minimum absolute atomic E-state index is 0.0395. The van der Waals surface area contributed by atoms with E-state index in [1.54, 1.807) is 0 Å². The lowest BCUT2D eigenvalue weighted by atomic mass is 8.32. The quantitative estimate of drug-likeness (QED) is 0.314. The molecule has 0 N–H and O–H groups in total. The summed E-state index contributed by atoms with van der Waals surface area (Å²) in [5.74, 6) is 0. The topological polar surface area (TPSA) is 0 Å². The van der Waals surface area contributed by atoms with Crippen molar-refractivity contribution in [2.45, 2.75) is 0 Å². The Balaban J connectivity index is 6.81. The highest BCUT2D eigenvalue weighted by Gasteiger charge is 2.49. The van der Waals surface area contributed by atoms with Crippen molar-refractivity contribution in [3.05, 3.63) is 0 Å². The summed E-state index contributed by atoms with van der Waals surface area (Å²) >= 11 is 0. The van der Waals surface area contributed by atoms with Crippen LogP contribution in [-0.4, -0.2) is 199 Å². The molecule has 0 saturated heterocycles. The lowest BCUT2D eigenvalue weighted by molar-refractivity contribution is 3.27. The second-order valence-electron chi connectivity index (χ2n) is 6.93. The summed E-state index contributed by atoms with van der Waals surface area (Å²) in [4.78, 5) is 0. The predicted octanol–water partition coefficient (Wildman–Crippen LogP) is -12.3. The zero-order chi connectivity index (χ0) is 22.5. The summed E-state index contributed by atoms with van der Waals surface area (Å²) in [5, 5.41) is 0. The Bertz CT molecular complexity index is 354. The molecule has 0 aromatic carbocycles. The Morgan fingerprint density at radius 2 is 0.536 bits per heavy atom. The maximum absolute atomic E-state index is 6.69. The number of rotatable bonds is 12. The highest BCUT2D eigenvalue weighted by molar-refractivity contribution is 8.26. The molecule has 0 aliphatic rings. The molecule has 0 nitrogen and oxygen atoms in total. The van der Waals surface area contributed by atoms with E-state index >= 15 is 0 Å². The minimum Gasteiger partial charge on any atom is -0.262 e. The van der Waals surface area contributed by atoms with Crippen LogP contribution in [0.3, 0.4) is 0 Å². The normalized spacial score (nSPS) is 9.50. The first kappa shape index (κ1) is 29.8. The lowest BCUT2D eigenvalue weighted by Crippen LogP contribution is -2.87. The van der Waals surface area contributed by atoms with E-state index in [4.69, 9.17) is 101 Å².